The van der Waals surface area contributed by atoms with Crippen LogP contribution in [-0.2, 0) is 0 Å². The van der Waals surface area contributed by atoms with Gasteiger partial charge in [-0.2, -0.15) is 0 Å². The molecule has 0 heterocycles. The summed E-state index contributed by atoms with van der Waals surface area (Å²) in [7, 11) is 1.48. The van der Waals surface area contributed by atoms with Gasteiger partial charge in [0.25, 0.3) is 0 Å². The average molecular weight is 257 g/mol. The third-order valence-electron chi connectivity index (χ3n) is 2.94. The summed E-state index contributed by atoms with van der Waals surface area (Å²) >= 11 is 0. The van der Waals surface area contributed by atoms with E-state index in [0.29, 0.717) is 11.3 Å². The maximum Gasteiger partial charge on any atom is 0.131 e. The minimum Gasteiger partial charge on any atom is -0.497 e. The van der Waals surface area contributed by atoms with Gasteiger partial charge in [-0.3, -0.25) is 0 Å². The number of aliphatic hydroxyl groups is 2. The fraction of sp³-hybridized carbons (Fsp3) is 0.538. The van der Waals surface area contributed by atoms with Gasteiger partial charge in [-0.1, -0.05) is 6.07 Å². The summed E-state index contributed by atoms with van der Waals surface area (Å²) in [6.45, 7) is 2.98. The van der Waals surface area contributed by atoms with Crippen molar-refractivity contribution in [3.63, 3.8) is 0 Å². The molecule has 1 rings (SSSR count). The molecule has 0 bridgehead atoms. The highest BCUT2D eigenvalue weighted by Crippen LogP contribution is 2.23. The van der Waals surface area contributed by atoms with Crippen molar-refractivity contribution < 1.29 is 19.3 Å². The third-order valence-corrected chi connectivity index (χ3v) is 2.94. The Bertz CT molecular complexity index is 394. The zero-order chi connectivity index (χ0) is 13.8. The van der Waals surface area contributed by atoms with Crippen molar-refractivity contribution in [2.75, 3.05) is 20.3 Å². The van der Waals surface area contributed by atoms with Gasteiger partial charge in [0.05, 0.1) is 25.9 Å². The molecule has 5 heteroatoms. The Morgan fingerprint density at radius 1 is 1.39 bits per heavy atom. The monoisotopic (exact) mass is 257 g/mol. The van der Waals surface area contributed by atoms with Crippen molar-refractivity contribution in [2.24, 2.45) is 0 Å². The van der Waals surface area contributed by atoms with E-state index >= 15 is 0 Å². The van der Waals surface area contributed by atoms with Crippen molar-refractivity contribution >= 4 is 0 Å². The summed E-state index contributed by atoms with van der Waals surface area (Å²) in [5.41, 5.74) is -0.380. The Hall–Kier alpha value is -1.17. The SMILES string of the molecule is COc1ccc(C(C)NC(C)(CO)CO)c(F)c1. The maximum absolute atomic E-state index is 13.8. The van der Waals surface area contributed by atoms with Crippen LogP contribution >= 0.6 is 0 Å². The Morgan fingerprint density at radius 3 is 2.44 bits per heavy atom. The molecule has 1 aromatic carbocycles. The lowest BCUT2D eigenvalue weighted by Gasteiger charge is -2.30. The molecule has 102 valence electrons. The van der Waals surface area contributed by atoms with E-state index in [1.807, 2.05) is 0 Å². The standard InChI is InChI=1S/C13H20FNO3/c1-9(15-13(2,7-16)8-17)11-5-4-10(18-3)6-12(11)14/h4-6,9,15-17H,7-8H2,1-3H3. The van der Waals surface area contributed by atoms with Gasteiger partial charge in [0.1, 0.15) is 11.6 Å². The van der Waals surface area contributed by atoms with Crippen LogP contribution < -0.4 is 10.1 Å². The molecule has 0 spiro atoms. The fourth-order valence-corrected chi connectivity index (χ4v) is 1.73. The summed E-state index contributed by atoms with van der Waals surface area (Å²) in [5, 5.41) is 21.4. The number of nitrogens with one attached hydrogen (secondary N) is 1. The molecule has 0 aliphatic rings. The zero-order valence-electron chi connectivity index (χ0n) is 10.9. The predicted molar refractivity (Wildman–Crippen MR) is 67.1 cm³/mol. The van der Waals surface area contributed by atoms with Gasteiger partial charge in [-0.15, -0.1) is 0 Å². The van der Waals surface area contributed by atoms with Crippen molar-refractivity contribution in [3.05, 3.63) is 29.6 Å². The molecular formula is C13H20FNO3. The summed E-state index contributed by atoms with van der Waals surface area (Å²) in [5.74, 6) is 0.0723. The van der Waals surface area contributed by atoms with Gasteiger partial charge in [0.2, 0.25) is 0 Å². The van der Waals surface area contributed by atoms with E-state index in [9.17, 15) is 14.6 Å². The second-order valence-electron chi connectivity index (χ2n) is 4.63. The quantitative estimate of drug-likeness (QED) is 0.717. The van der Waals surface area contributed by atoms with Crippen LogP contribution in [0.4, 0.5) is 4.39 Å². The van der Waals surface area contributed by atoms with E-state index in [1.165, 1.54) is 13.2 Å². The van der Waals surface area contributed by atoms with Crippen LogP contribution in [0.1, 0.15) is 25.5 Å². The maximum atomic E-state index is 13.8. The van der Waals surface area contributed by atoms with E-state index in [4.69, 9.17) is 4.74 Å². The Balaban J connectivity index is 2.87. The van der Waals surface area contributed by atoms with Crippen LogP contribution in [0.25, 0.3) is 0 Å². The van der Waals surface area contributed by atoms with Crippen LogP contribution in [0.5, 0.6) is 5.75 Å². The first-order chi connectivity index (χ1) is 8.45. The summed E-state index contributed by atoms with van der Waals surface area (Å²) in [6, 6.07) is 4.27. The number of hydrogen-bond donors (Lipinski definition) is 3. The molecule has 0 saturated carbocycles. The lowest BCUT2D eigenvalue weighted by molar-refractivity contribution is 0.0953. The van der Waals surface area contributed by atoms with E-state index in [2.05, 4.69) is 5.32 Å². The molecule has 1 aromatic rings. The molecule has 0 fully saturated rings. The number of hydrogen-bond acceptors (Lipinski definition) is 4. The van der Waals surface area contributed by atoms with Crippen molar-refractivity contribution in [1.82, 2.24) is 5.32 Å². The van der Waals surface area contributed by atoms with Gasteiger partial charge in [-0.05, 0) is 19.9 Å². The Kier molecular flexibility index (Phi) is 5.07. The van der Waals surface area contributed by atoms with E-state index in [-0.39, 0.29) is 25.1 Å². The molecule has 1 unspecified atom stereocenters. The number of rotatable bonds is 6. The topological polar surface area (TPSA) is 61.7 Å². The highest BCUT2D eigenvalue weighted by atomic mass is 19.1. The first-order valence-electron chi connectivity index (χ1n) is 5.78. The molecule has 0 saturated heterocycles. The normalized spacial score (nSPS) is 13.4. The van der Waals surface area contributed by atoms with Crippen molar-refractivity contribution in [2.45, 2.75) is 25.4 Å². The largest absolute Gasteiger partial charge is 0.497 e. The molecule has 0 radical (unpaired) electrons. The van der Waals surface area contributed by atoms with Gasteiger partial charge in [0.15, 0.2) is 0 Å². The molecule has 18 heavy (non-hydrogen) atoms. The number of ether oxygens (including phenoxy) is 1. The molecular weight excluding hydrogens is 237 g/mol. The molecule has 4 nitrogen and oxygen atoms in total. The number of aliphatic hydroxyl groups excluding tert-OH is 2. The van der Waals surface area contributed by atoms with Crippen molar-refractivity contribution in [3.8, 4) is 5.75 Å². The minimum atomic E-state index is -0.841. The van der Waals surface area contributed by atoms with Gasteiger partial charge >= 0.3 is 0 Å². The highest BCUT2D eigenvalue weighted by Gasteiger charge is 2.25. The second-order valence-corrected chi connectivity index (χ2v) is 4.63. The lowest BCUT2D eigenvalue weighted by atomic mass is 10.0. The van der Waals surface area contributed by atoms with Crippen molar-refractivity contribution in [1.29, 1.82) is 0 Å². The number of halogens is 1. The molecule has 0 aliphatic heterocycles. The van der Waals surface area contributed by atoms with Crippen LogP contribution in [0.2, 0.25) is 0 Å². The molecule has 0 aliphatic carbocycles. The first kappa shape index (κ1) is 14.9. The number of methoxy groups -OCH3 is 1. The first-order valence-corrected chi connectivity index (χ1v) is 5.78. The van der Waals surface area contributed by atoms with Crippen LogP contribution in [0.3, 0.4) is 0 Å². The Morgan fingerprint density at radius 2 is 2.00 bits per heavy atom. The van der Waals surface area contributed by atoms with Crippen LogP contribution in [-0.4, -0.2) is 36.1 Å². The highest BCUT2D eigenvalue weighted by molar-refractivity contribution is 5.30. The molecule has 0 aromatic heterocycles. The predicted octanol–water partition coefficient (Wildman–Crippen LogP) is 1.23. The lowest BCUT2D eigenvalue weighted by Crippen LogP contribution is -2.50. The average Bonchev–Trinajstić information content (AvgIpc) is 2.38. The summed E-state index contributed by atoms with van der Waals surface area (Å²) in [6.07, 6.45) is 0. The molecule has 3 N–H and O–H groups in total. The smallest absolute Gasteiger partial charge is 0.131 e. The van der Waals surface area contributed by atoms with E-state index in [0.717, 1.165) is 0 Å². The third kappa shape index (κ3) is 3.41. The number of benzene rings is 1. The molecule has 0 amide bonds. The van der Waals surface area contributed by atoms with Crippen LogP contribution in [0.15, 0.2) is 18.2 Å². The second kappa shape index (κ2) is 6.13. The zero-order valence-corrected chi connectivity index (χ0v) is 10.9. The van der Waals surface area contributed by atoms with Gasteiger partial charge in [0, 0.05) is 17.7 Å². The minimum absolute atomic E-state index is 0.231. The fourth-order valence-electron chi connectivity index (χ4n) is 1.73. The van der Waals surface area contributed by atoms with Crippen LogP contribution in [0, 0.1) is 5.82 Å². The summed E-state index contributed by atoms with van der Waals surface area (Å²) in [4.78, 5) is 0. The summed E-state index contributed by atoms with van der Waals surface area (Å²) < 4.78 is 18.8. The van der Waals surface area contributed by atoms with Gasteiger partial charge < -0.3 is 20.3 Å². The molecule has 1 atom stereocenters. The van der Waals surface area contributed by atoms with E-state index in [1.54, 1.807) is 26.0 Å². The van der Waals surface area contributed by atoms with Gasteiger partial charge in [-0.25, -0.2) is 4.39 Å². The van der Waals surface area contributed by atoms with E-state index < -0.39 is 5.54 Å². The Labute approximate surface area is 106 Å².